The van der Waals surface area contributed by atoms with Gasteiger partial charge in [0.15, 0.2) is 0 Å². The molecule has 3 aliphatic rings. The summed E-state index contributed by atoms with van der Waals surface area (Å²) < 4.78 is 17.4. The van der Waals surface area contributed by atoms with E-state index in [-0.39, 0.29) is 17.4 Å². The molecule has 3 heterocycles. The highest BCUT2D eigenvalue weighted by atomic mass is 16.5. The van der Waals surface area contributed by atoms with Crippen molar-refractivity contribution in [3.05, 3.63) is 0 Å². The largest absolute Gasteiger partial charge is 0.381 e. The maximum absolute atomic E-state index is 12.2. The first-order valence-electron chi connectivity index (χ1n) is 9.76. The van der Waals surface area contributed by atoms with Gasteiger partial charge in [-0.2, -0.15) is 0 Å². The Morgan fingerprint density at radius 3 is 2.60 bits per heavy atom. The zero-order valence-corrected chi connectivity index (χ0v) is 15.9. The van der Waals surface area contributed by atoms with Crippen molar-refractivity contribution in [3.8, 4) is 0 Å². The van der Waals surface area contributed by atoms with Gasteiger partial charge in [-0.1, -0.05) is 0 Å². The minimum absolute atomic E-state index is 0.226. The zero-order valence-electron chi connectivity index (χ0n) is 15.9. The highest BCUT2D eigenvalue weighted by Crippen LogP contribution is 2.42. The minimum atomic E-state index is 0.226. The summed E-state index contributed by atoms with van der Waals surface area (Å²) in [5, 5.41) is 0. The molecule has 6 heteroatoms. The van der Waals surface area contributed by atoms with Crippen molar-refractivity contribution in [2.24, 2.45) is 11.3 Å². The number of amides is 1. The van der Waals surface area contributed by atoms with E-state index >= 15 is 0 Å². The van der Waals surface area contributed by atoms with Crippen molar-refractivity contribution in [1.29, 1.82) is 0 Å². The van der Waals surface area contributed by atoms with E-state index in [2.05, 4.69) is 0 Å². The second kappa shape index (κ2) is 8.80. The fourth-order valence-electron chi connectivity index (χ4n) is 4.23. The Kier molecular flexibility index (Phi) is 6.72. The summed E-state index contributed by atoms with van der Waals surface area (Å²) in [4.78, 5) is 16.1. The topological polar surface area (TPSA) is 51.2 Å². The third-order valence-corrected chi connectivity index (χ3v) is 5.91. The molecular weight excluding hydrogens is 320 g/mol. The van der Waals surface area contributed by atoms with E-state index < -0.39 is 0 Å². The van der Waals surface area contributed by atoms with E-state index in [9.17, 15) is 4.79 Å². The lowest BCUT2D eigenvalue weighted by Gasteiger charge is -2.38. The third-order valence-electron chi connectivity index (χ3n) is 5.91. The Balaban J connectivity index is 1.35. The lowest BCUT2D eigenvalue weighted by molar-refractivity contribution is -0.134. The van der Waals surface area contributed by atoms with Crippen LogP contribution in [0.25, 0.3) is 0 Å². The van der Waals surface area contributed by atoms with Crippen LogP contribution in [0.5, 0.6) is 0 Å². The van der Waals surface area contributed by atoms with Gasteiger partial charge in [0.1, 0.15) is 0 Å². The number of likely N-dealkylation sites (N-methyl/N-ethyl adjacent to an activating group) is 1. The van der Waals surface area contributed by atoms with Crippen molar-refractivity contribution in [3.63, 3.8) is 0 Å². The standard InChI is InChI=1S/C19H34N2O4/c1-20(2)12-18(22)21-7-5-19(6-8-21)11-17(25-15-19)14-24-13-16-3-9-23-10-4-16/h16-17H,3-15H2,1-2H3/t17-/m0/s1. The number of nitrogens with zero attached hydrogens (tertiary/aromatic N) is 2. The number of hydrogen-bond acceptors (Lipinski definition) is 5. The fourth-order valence-corrected chi connectivity index (χ4v) is 4.23. The molecule has 3 saturated heterocycles. The van der Waals surface area contributed by atoms with Crippen LogP contribution < -0.4 is 0 Å². The number of carbonyl (C=O) groups excluding carboxylic acids is 1. The molecule has 0 aromatic heterocycles. The fraction of sp³-hybridized carbons (Fsp3) is 0.947. The Labute approximate surface area is 151 Å². The summed E-state index contributed by atoms with van der Waals surface area (Å²) >= 11 is 0. The van der Waals surface area contributed by atoms with E-state index in [1.54, 1.807) is 0 Å². The average molecular weight is 354 g/mol. The van der Waals surface area contributed by atoms with Crippen LogP contribution in [-0.4, -0.2) is 88.6 Å². The molecule has 1 amide bonds. The predicted octanol–water partition coefficient (Wildman–Crippen LogP) is 1.39. The Morgan fingerprint density at radius 2 is 1.92 bits per heavy atom. The van der Waals surface area contributed by atoms with Crippen LogP contribution >= 0.6 is 0 Å². The maximum atomic E-state index is 12.2. The minimum Gasteiger partial charge on any atom is -0.381 e. The van der Waals surface area contributed by atoms with E-state index in [1.165, 1.54) is 0 Å². The maximum Gasteiger partial charge on any atom is 0.236 e. The summed E-state index contributed by atoms with van der Waals surface area (Å²) in [7, 11) is 3.89. The molecule has 0 N–H and O–H groups in total. The van der Waals surface area contributed by atoms with Crippen LogP contribution in [0.4, 0.5) is 0 Å². The molecule has 3 rings (SSSR count). The Hall–Kier alpha value is -0.690. The van der Waals surface area contributed by atoms with Gasteiger partial charge in [0, 0.05) is 32.9 Å². The van der Waals surface area contributed by atoms with Crippen molar-refractivity contribution < 1.29 is 19.0 Å². The summed E-state index contributed by atoms with van der Waals surface area (Å²) in [6, 6.07) is 0. The Bertz CT molecular complexity index is 429. The molecule has 1 atom stereocenters. The average Bonchev–Trinajstić information content (AvgIpc) is 2.98. The van der Waals surface area contributed by atoms with Gasteiger partial charge in [-0.05, 0) is 57.5 Å². The molecule has 0 bridgehead atoms. The second-order valence-corrected chi connectivity index (χ2v) is 8.35. The van der Waals surface area contributed by atoms with Gasteiger partial charge in [0.25, 0.3) is 0 Å². The second-order valence-electron chi connectivity index (χ2n) is 8.35. The molecule has 25 heavy (non-hydrogen) atoms. The van der Waals surface area contributed by atoms with Crippen LogP contribution in [0.2, 0.25) is 0 Å². The van der Waals surface area contributed by atoms with Gasteiger partial charge in [-0.15, -0.1) is 0 Å². The van der Waals surface area contributed by atoms with Crippen LogP contribution in [-0.2, 0) is 19.0 Å². The highest BCUT2D eigenvalue weighted by Gasteiger charge is 2.43. The van der Waals surface area contributed by atoms with Crippen LogP contribution in [0, 0.1) is 11.3 Å². The molecule has 6 nitrogen and oxygen atoms in total. The summed E-state index contributed by atoms with van der Waals surface area (Å²) in [5.74, 6) is 0.894. The van der Waals surface area contributed by atoms with Crippen molar-refractivity contribution >= 4 is 5.91 Å². The van der Waals surface area contributed by atoms with E-state index in [4.69, 9.17) is 14.2 Å². The molecule has 3 aliphatic heterocycles. The van der Waals surface area contributed by atoms with E-state index in [0.29, 0.717) is 19.1 Å². The molecule has 1 spiro atoms. The smallest absolute Gasteiger partial charge is 0.236 e. The monoisotopic (exact) mass is 354 g/mol. The molecular formula is C19H34N2O4. The first-order valence-corrected chi connectivity index (χ1v) is 9.76. The number of rotatable bonds is 6. The molecule has 3 fully saturated rings. The number of piperidine rings is 1. The van der Waals surface area contributed by atoms with Crippen molar-refractivity contribution in [2.45, 2.75) is 38.2 Å². The lowest BCUT2D eigenvalue weighted by atomic mass is 9.76. The molecule has 144 valence electrons. The van der Waals surface area contributed by atoms with Crippen LogP contribution in [0.1, 0.15) is 32.1 Å². The molecule has 0 radical (unpaired) electrons. The van der Waals surface area contributed by atoms with Crippen molar-refractivity contribution in [1.82, 2.24) is 9.80 Å². The number of carbonyl (C=O) groups is 1. The third kappa shape index (κ3) is 5.39. The SMILES string of the molecule is CN(C)CC(=O)N1CCC2(CC1)CO[C@H](COCC1CCOCC1)C2. The first kappa shape index (κ1) is 19.1. The number of ether oxygens (including phenoxy) is 3. The molecule has 0 saturated carbocycles. The van der Waals surface area contributed by atoms with Gasteiger partial charge in [0.05, 0.1) is 25.9 Å². The molecule has 0 aliphatic carbocycles. The molecule has 0 aromatic carbocycles. The summed E-state index contributed by atoms with van der Waals surface area (Å²) in [5.41, 5.74) is 0.265. The van der Waals surface area contributed by atoms with Gasteiger partial charge >= 0.3 is 0 Å². The van der Waals surface area contributed by atoms with Crippen molar-refractivity contribution in [2.75, 3.05) is 66.8 Å². The quantitative estimate of drug-likeness (QED) is 0.721. The van der Waals surface area contributed by atoms with Gasteiger partial charge in [-0.3, -0.25) is 4.79 Å². The normalized spacial score (nSPS) is 27.3. The first-order chi connectivity index (χ1) is 12.1. The highest BCUT2D eigenvalue weighted by molar-refractivity contribution is 5.78. The number of likely N-dealkylation sites (tertiary alicyclic amines) is 1. The Morgan fingerprint density at radius 1 is 1.20 bits per heavy atom. The predicted molar refractivity (Wildman–Crippen MR) is 95.5 cm³/mol. The van der Waals surface area contributed by atoms with E-state index in [1.807, 2.05) is 23.9 Å². The summed E-state index contributed by atoms with van der Waals surface area (Å²) in [6.07, 6.45) is 5.66. The molecule has 0 aromatic rings. The zero-order chi connectivity index (χ0) is 17.7. The van der Waals surface area contributed by atoms with Crippen LogP contribution in [0.15, 0.2) is 0 Å². The van der Waals surface area contributed by atoms with Gasteiger partial charge in [0.2, 0.25) is 5.91 Å². The van der Waals surface area contributed by atoms with E-state index in [0.717, 1.165) is 71.6 Å². The van der Waals surface area contributed by atoms with Crippen LogP contribution in [0.3, 0.4) is 0 Å². The summed E-state index contributed by atoms with van der Waals surface area (Å²) in [6.45, 7) is 6.36. The van der Waals surface area contributed by atoms with Gasteiger partial charge in [-0.25, -0.2) is 0 Å². The number of hydrogen-bond donors (Lipinski definition) is 0. The van der Waals surface area contributed by atoms with Gasteiger partial charge < -0.3 is 24.0 Å². The molecule has 0 unspecified atom stereocenters. The lowest BCUT2D eigenvalue weighted by Crippen LogP contribution is -2.46.